The third-order valence-electron chi connectivity index (χ3n) is 4.81. The maximum absolute atomic E-state index is 12.9. The fourth-order valence-corrected chi connectivity index (χ4v) is 4.05. The van der Waals surface area contributed by atoms with Crippen LogP contribution in [0.2, 0.25) is 0 Å². The number of carbonyl (C=O) groups is 1. The van der Waals surface area contributed by atoms with Gasteiger partial charge < -0.3 is 4.74 Å². The molecule has 0 unspecified atom stereocenters. The van der Waals surface area contributed by atoms with E-state index in [1.807, 2.05) is 59.5 Å². The number of hydrogen-bond acceptors (Lipinski definition) is 5. The number of ether oxygens (including phenoxy) is 1. The van der Waals surface area contributed by atoms with Crippen molar-refractivity contribution in [1.82, 2.24) is 14.8 Å². The van der Waals surface area contributed by atoms with Crippen LogP contribution < -0.4 is 10.1 Å². The van der Waals surface area contributed by atoms with Gasteiger partial charge in [-0.25, -0.2) is 4.98 Å². The third kappa shape index (κ3) is 4.11. The Morgan fingerprint density at radius 2 is 1.90 bits per heavy atom. The number of aromatic nitrogens is 3. The molecule has 0 aliphatic heterocycles. The van der Waals surface area contributed by atoms with Crippen molar-refractivity contribution in [2.45, 2.75) is 19.9 Å². The molecule has 0 fully saturated rings. The molecule has 2 aromatic heterocycles. The van der Waals surface area contributed by atoms with Crippen LogP contribution in [0.25, 0.3) is 11.3 Å². The lowest BCUT2D eigenvalue weighted by Crippen LogP contribution is -2.15. The van der Waals surface area contributed by atoms with Crippen molar-refractivity contribution in [3.63, 3.8) is 0 Å². The summed E-state index contributed by atoms with van der Waals surface area (Å²) in [4.78, 5) is 17.5. The first kappa shape index (κ1) is 19.8. The number of para-hydroxylation sites is 1. The molecule has 30 heavy (non-hydrogen) atoms. The Morgan fingerprint density at radius 1 is 1.13 bits per heavy atom. The number of nitrogens with one attached hydrogen (secondary N) is 1. The molecule has 0 saturated carbocycles. The van der Waals surface area contributed by atoms with E-state index in [4.69, 9.17) is 4.74 Å². The summed E-state index contributed by atoms with van der Waals surface area (Å²) in [5.41, 5.74) is 4.27. The standard InChI is InChI=1S/C23H22N4O2S/c1-3-20-18(13-24-27(20)14-16-9-5-4-6-10-16)22(28)26-23-25-19(15-30-23)17-11-7-8-12-21(17)29-2/h4-13,15H,3,14H2,1-2H3,(H,25,26,28). The van der Waals surface area contributed by atoms with E-state index in [2.05, 4.69) is 27.5 Å². The summed E-state index contributed by atoms with van der Waals surface area (Å²) < 4.78 is 7.29. The van der Waals surface area contributed by atoms with Crippen molar-refractivity contribution >= 4 is 22.4 Å². The summed E-state index contributed by atoms with van der Waals surface area (Å²) in [6, 6.07) is 17.8. The van der Waals surface area contributed by atoms with Gasteiger partial charge in [-0.15, -0.1) is 11.3 Å². The molecule has 7 heteroatoms. The zero-order valence-electron chi connectivity index (χ0n) is 16.8. The van der Waals surface area contributed by atoms with E-state index in [0.717, 1.165) is 28.3 Å². The molecule has 2 aromatic carbocycles. The molecule has 0 radical (unpaired) electrons. The van der Waals surface area contributed by atoms with Gasteiger partial charge in [-0.05, 0) is 24.1 Å². The molecule has 0 saturated heterocycles. The van der Waals surface area contributed by atoms with Crippen molar-refractivity contribution in [3.8, 4) is 17.0 Å². The van der Waals surface area contributed by atoms with E-state index in [1.54, 1.807) is 13.3 Å². The van der Waals surface area contributed by atoms with Gasteiger partial charge >= 0.3 is 0 Å². The van der Waals surface area contributed by atoms with Crippen molar-refractivity contribution in [1.29, 1.82) is 0 Å². The SMILES string of the molecule is CCc1c(C(=O)Nc2nc(-c3ccccc3OC)cs2)cnn1Cc1ccccc1. The monoisotopic (exact) mass is 418 g/mol. The highest BCUT2D eigenvalue weighted by molar-refractivity contribution is 7.14. The van der Waals surface area contributed by atoms with Crippen LogP contribution in [0.5, 0.6) is 5.75 Å². The molecule has 4 rings (SSSR count). The van der Waals surface area contributed by atoms with Crippen molar-refractivity contribution in [3.05, 3.63) is 83.0 Å². The fraction of sp³-hybridized carbons (Fsp3) is 0.174. The zero-order valence-corrected chi connectivity index (χ0v) is 17.6. The highest BCUT2D eigenvalue weighted by Crippen LogP contribution is 2.32. The second-order valence-corrected chi connectivity index (χ2v) is 7.55. The summed E-state index contributed by atoms with van der Waals surface area (Å²) in [6.45, 7) is 2.66. The average molecular weight is 419 g/mol. The van der Waals surface area contributed by atoms with E-state index in [1.165, 1.54) is 11.3 Å². The molecule has 6 nitrogen and oxygen atoms in total. The van der Waals surface area contributed by atoms with Crippen LogP contribution >= 0.6 is 11.3 Å². The minimum Gasteiger partial charge on any atom is -0.496 e. The van der Waals surface area contributed by atoms with Gasteiger partial charge in [0.15, 0.2) is 5.13 Å². The molecule has 0 bridgehead atoms. The summed E-state index contributed by atoms with van der Waals surface area (Å²) in [7, 11) is 1.63. The van der Waals surface area contributed by atoms with Crippen molar-refractivity contribution < 1.29 is 9.53 Å². The van der Waals surface area contributed by atoms with E-state index < -0.39 is 0 Å². The topological polar surface area (TPSA) is 69.0 Å². The average Bonchev–Trinajstić information content (AvgIpc) is 3.41. The maximum atomic E-state index is 12.9. The summed E-state index contributed by atoms with van der Waals surface area (Å²) in [5.74, 6) is 0.545. The maximum Gasteiger partial charge on any atom is 0.260 e. The number of rotatable bonds is 7. The molecular formula is C23H22N4O2S. The predicted molar refractivity (Wildman–Crippen MR) is 119 cm³/mol. The van der Waals surface area contributed by atoms with Crippen molar-refractivity contribution in [2.75, 3.05) is 12.4 Å². The zero-order chi connectivity index (χ0) is 20.9. The number of carbonyl (C=O) groups excluding carboxylic acids is 1. The molecule has 0 atom stereocenters. The number of amides is 1. The van der Waals surface area contributed by atoms with E-state index in [0.29, 0.717) is 23.7 Å². The Labute approximate surface area is 179 Å². The second kappa shape index (κ2) is 8.92. The Hall–Kier alpha value is -3.45. The van der Waals surface area contributed by atoms with Gasteiger partial charge in [-0.2, -0.15) is 5.10 Å². The van der Waals surface area contributed by atoms with Gasteiger partial charge in [0.05, 0.1) is 36.8 Å². The lowest BCUT2D eigenvalue weighted by atomic mass is 10.1. The molecule has 1 N–H and O–H groups in total. The van der Waals surface area contributed by atoms with Gasteiger partial charge in [-0.1, -0.05) is 49.4 Å². The van der Waals surface area contributed by atoms with Crippen LogP contribution in [-0.2, 0) is 13.0 Å². The van der Waals surface area contributed by atoms with Crippen LogP contribution in [0, 0.1) is 0 Å². The van der Waals surface area contributed by atoms with Crippen LogP contribution in [0.15, 0.2) is 66.2 Å². The molecule has 0 spiro atoms. The van der Waals surface area contributed by atoms with Crippen LogP contribution in [-0.4, -0.2) is 27.8 Å². The number of thiazole rings is 1. The highest BCUT2D eigenvalue weighted by Gasteiger charge is 2.18. The van der Waals surface area contributed by atoms with Gasteiger partial charge in [0.25, 0.3) is 5.91 Å². The Bertz CT molecular complexity index is 1150. The predicted octanol–water partition coefficient (Wildman–Crippen LogP) is 4.88. The summed E-state index contributed by atoms with van der Waals surface area (Å²) in [6.07, 6.45) is 2.34. The first-order valence-corrected chi connectivity index (χ1v) is 10.6. The molecular weight excluding hydrogens is 396 g/mol. The number of nitrogens with zero attached hydrogens (tertiary/aromatic N) is 3. The quantitative estimate of drug-likeness (QED) is 0.464. The molecule has 1 amide bonds. The molecule has 0 aliphatic carbocycles. The van der Waals surface area contributed by atoms with E-state index in [9.17, 15) is 4.79 Å². The Kier molecular flexibility index (Phi) is 5.90. The highest BCUT2D eigenvalue weighted by atomic mass is 32.1. The summed E-state index contributed by atoms with van der Waals surface area (Å²) >= 11 is 1.38. The minimum atomic E-state index is -0.202. The third-order valence-corrected chi connectivity index (χ3v) is 5.57. The minimum absolute atomic E-state index is 0.202. The lowest BCUT2D eigenvalue weighted by Gasteiger charge is -2.08. The number of methoxy groups -OCH3 is 1. The normalized spacial score (nSPS) is 10.7. The van der Waals surface area contributed by atoms with Crippen LogP contribution in [0.1, 0.15) is 28.5 Å². The molecule has 152 valence electrons. The Balaban J connectivity index is 1.53. The summed E-state index contributed by atoms with van der Waals surface area (Å²) in [5, 5.41) is 9.81. The van der Waals surface area contributed by atoms with Crippen LogP contribution in [0.3, 0.4) is 0 Å². The number of hydrogen-bond donors (Lipinski definition) is 1. The fourth-order valence-electron chi connectivity index (χ4n) is 3.34. The van der Waals surface area contributed by atoms with Crippen molar-refractivity contribution in [2.24, 2.45) is 0 Å². The lowest BCUT2D eigenvalue weighted by molar-refractivity contribution is 0.102. The number of anilines is 1. The van der Waals surface area contributed by atoms with E-state index >= 15 is 0 Å². The van der Waals surface area contributed by atoms with Gasteiger partial charge in [0, 0.05) is 10.9 Å². The smallest absolute Gasteiger partial charge is 0.260 e. The first-order valence-electron chi connectivity index (χ1n) is 9.68. The second-order valence-electron chi connectivity index (χ2n) is 6.69. The van der Waals surface area contributed by atoms with Gasteiger partial charge in [0.1, 0.15) is 5.75 Å². The number of benzene rings is 2. The molecule has 0 aliphatic rings. The largest absolute Gasteiger partial charge is 0.496 e. The first-order chi connectivity index (χ1) is 14.7. The van der Waals surface area contributed by atoms with Gasteiger partial charge in [-0.3, -0.25) is 14.8 Å². The molecule has 4 aromatic rings. The van der Waals surface area contributed by atoms with E-state index in [-0.39, 0.29) is 5.91 Å². The molecule has 2 heterocycles. The van der Waals surface area contributed by atoms with Crippen LogP contribution in [0.4, 0.5) is 5.13 Å². The Morgan fingerprint density at radius 3 is 2.67 bits per heavy atom. The van der Waals surface area contributed by atoms with Gasteiger partial charge in [0.2, 0.25) is 0 Å².